The molecule has 99 heavy (non-hydrogen) atoms. The smallest absolute Gasteiger partial charge is 0.464 e. The van der Waals surface area contributed by atoms with Gasteiger partial charge in [0, 0.05) is 39.3 Å². The molecule has 580 valence electrons. The number of aliphatic hydroxyl groups is 3. The third-order valence-corrected chi connectivity index (χ3v) is 12.5. The lowest BCUT2D eigenvalue weighted by Gasteiger charge is -2.29. The highest BCUT2D eigenvalue weighted by Crippen LogP contribution is 2.26. The van der Waals surface area contributed by atoms with E-state index >= 15 is 0 Å². The molecule has 5 N–H and O–H groups in total. The monoisotopic (exact) mass is 1440 g/mol. The second kappa shape index (κ2) is 59.9. The molecule has 0 saturated carbocycles. The molecule has 0 amide bonds. The van der Waals surface area contributed by atoms with E-state index in [0.29, 0.717) is 58.9 Å². The van der Waals surface area contributed by atoms with Crippen LogP contribution in [0, 0.1) is 21.7 Å². The predicted octanol–water partition coefficient (Wildman–Crippen LogP) is 5.21. The van der Waals surface area contributed by atoms with Gasteiger partial charge in [0.2, 0.25) is 0 Å². The average molecular weight is 1440 g/mol. The molecule has 3 rings (SSSR count). The highest BCUT2D eigenvalue weighted by Gasteiger charge is 2.43. The molecule has 3 heterocycles. The van der Waals surface area contributed by atoms with Crippen molar-refractivity contribution in [2.24, 2.45) is 27.4 Å². The SMILES string of the molecule is C.CC(=O)C1(C)COC(=O)OC1.CC1OC(=O)C(C)OC1=O.CCCOCCO.CCCOCCOC(=O)C(C)(CO)COC(=O)CCC.CCCOCCOC(=O)C(C)(COC(=O)CCC)COC(=O)C(C)OC(=O)C(C)O.CCCOCCOC(=O)C1(C)COC(=O)OC1.CCN. The summed E-state index contributed by atoms with van der Waals surface area (Å²) in [5.41, 5.74) is 0.596. The molecular weight excluding hydrogens is 1320 g/mol. The zero-order valence-electron chi connectivity index (χ0n) is 60.6. The van der Waals surface area contributed by atoms with Crippen molar-refractivity contribution in [1.82, 2.24) is 0 Å². The first kappa shape index (κ1) is 101. The molecule has 0 bridgehead atoms. The highest BCUT2D eigenvalue weighted by atomic mass is 16.7. The number of aliphatic hydroxyl groups excluding tert-OH is 3. The molecular formula is C66H119NO32. The Hall–Kier alpha value is -6.88. The minimum atomic E-state index is -1.46. The lowest BCUT2D eigenvalue weighted by molar-refractivity contribution is -0.191. The normalized spacial score (nSPS) is 16.9. The molecule has 3 aliphatic rings. The standard InChI is InChI=1S/C20H34O10.C14H26O6.C11H18O6.C7H10O4.C6H8O4.C5H12O2.C2H7N.CH4/c1-6-8-16(22)28-12-20(5,19(25)27-11-10-26-9-7-2)13-29-18(24)15(4)30-17(23)14(3)21;1-4-6-12(16)20-11-14(3,10-15)13(17)19-9-8-18-7-5-2;1-3-4-14-5-6-15-9(12)11(2)7-16-10(13)17-8-11;1-5(8)7(2)3-10-6(9)11-4-7;1-3-5(7)10-4(2)6(8)9-3;1-2-4-7-5-3-6;1-2-3;/h14-15,21H,6-13H2,1-5H3;15H,4-11H2,1-3H3;3-8H2,1-2H3;3-4H2,1-2H3;3-4H,1-2H3;6H,2-5H2,1H3;2-3H2,1H3;1H4. The molecule has 3 fully saturated rings. The van der Waals surface area contributed by atoms with E-state index in [0.717, 1.165) is 38.8 Å². The van der Waals surface area contributed by atoms with Crippen molar-refractivity contribution in [3.8, 4) is 0 Å². The Morgan fingerprint density at radius 2 is 0.859 bits per heavy atom. The number of carbonyl (C=O) groups is 12. The van der Waals surface area contributed by atoms with Gasteiger partial charge < -0.3 is 102 Å². The van der Waals surface area contributed by atoms with Crippen LogP contribution in [0.25, 0.3) is 0 Å². The fraction of sp³-hybridized carbons (Fsp3) is 0.818. The number of nitrogens with two attached hydrogens (primary N) is 1. The van der Waals surface area contributed by atoms with Crippen LogP contribution in [-0.2, 0) is 128 Å². The number of ether oxygens (including phenoxy) is 17. The lowest BCUT2D eigenvalue weighted by atomic mass is 9.88. The first-order valence-corrected chi connectivity index (χ1v) is 32.8. The summed E-state index contributed by atoms with van der Waals surface area (Å²) in [5.74, 6) is -5.52. The fourth-order valence-corrected chi connectivity index (χ4v) is 6.18. The highest BCUT2D eigenvalue weighted by molar-refractivity contribution is 5.87. The molecule has 3 aliphatic heterocycles. The summed E-state index contributed by atoms with van der Waals surface area (Å²) < 4.78 is 83.3. The van der Waals surface area contributed by atoms with Crippen LogP contribution >= 0.6 is 0 Å². The van der Waals surface area contributed by atoms with Crippen molar-refractivity contribution in [3.05, 3.63) is 0 Å². The predicted molar refractivity (Wildman–Crippen MR) is 352 cm³/mol. The minimum absolute atomic E-state index is 0. The van der Waals surface area contributed by atoms with Gasteiger partial charge in [-0.05, 0) is 107 Å². The zero-order chi connectivity index (χ0) is 75.8. The van der Waals surface area contributed by atoms with Gasteiger partial charge in [0.05, 0.1) is 45.1 Å². The topological polar surface area (TPSA) is 448 Å². The van der Waals surface area contributed by atoms with E-state index in [2.05, 4.69) is 28.4 Å². The molecule has 3 saturated heterocycles. The molecule has 33 heteroatoms. The number of rotatable bonds is 37. The quantitative estimate of drug-likeness (QED) is 0.0352. The van der Waals surface area contributed by atoms with Crippen molar-refractivity contribution >= 4 is 71.8 Å². The number of carbonyl (C=O) groups excluding carboxylic acids is 12. The van der Waals surface area contributed by atoms with Crippen molar-refractivity contribution in [2.75, 3.05) is 139 Å². The van der Waals surface area contributed by atoms with Gasteiger partial charge in [-0.3, -0.25) is 28.8 Å². The van der Waals surface area contributed by atoms with Crippen molar-refractivity contribution < 1.29 is 153 Å². The molecule has 6 atom stereocenters. The van der Waals surface area contributed by atoms with Gasteiger partial charge in [-0.25, -0.2) is 28.8 Å². The van der Waals surface area contributed by atoms with E-state index in [4.69, 9.17) is 68.1 Å². The zero-order valence-corrected chi connectivity index (χ0v) is 60.6. The summed E-state index contributed by atoms with van der Waals surface area (Å²) in [4.78, 5) is 136. The molecule has 0 aliphatic carbocycles. The van der Waals surface area contributed by atoms with Crippen molar-refractivity contribution in [3.63, 3.8) is 0 Å². The molecule has 6 unspecified atom stereocenters. The summed E-state index contributed by atoms with van der Waals surface area (Å²) in [5, 5.41) is 26.6. The van der Waals surface area contributed by atoms with Crippen molar-refractivity contribution in [1.29, 1.82) is 0 Å². The second-order valence-corrected chi connectivity index (χ2v) is 22.9. The van der Waals surface area contributed by atoms with Gasteiger partial charge in [0.1, 0.15) is 94.2 Å². The van der Waals surface area contributed by atoms with Crippen molar-refractivity contribution in [2.45, 2.75) is 194 Å². The summed E-state index contributed by atoms with van der Waals surface area (Å²) in [7, 11) is 0. The van der Waals surface area contributed by atoms with E-state index in [9.17, 15) is 62.6 Å². The van der Waals surface area contributed by atoms with Gasteiger partial charge in [0.25, 0.3) is 0 Å². The number of ketones is 1. The summed E-state index contributed by atoms with van der Waals surface area (Å²) in [6.07, 6.45) is -0.214. The maximum Gasteiger partial charge on any atom is 0.508 e. The Bertz CT molecular complexity index is 2240. The largest absolute Gasteiger partial charge is 0.508 e. The van der Waals surface area contributed by atoms with E-state index in [1.54, 1.807) is 13.8 Å². The van der Waals surface area contributed by atoms with Gasteiger partial charge >= 0.3 is 66.0 Å². The minimum Gasteiger partial charge on any atom is -0.464 e. The molecule has 0 spiro atoms. The Labute approximate surface area is 583 Å². The van der Waals surface area contributed by atoms with Crippen LogP contribution in [-0.4, -0.2) is 250 Å². The van der Waals surface area contributed by atoms with E-state index < -0.39 is 119 Å². The third-order valence-electron chi connectivity index (χ3n) is 12.5. The van der Waals surface area contributed by atoms with Crippen LogP contribution in [0.2, 0.25) is 0 Å². The molecule has 33 nitrogen and oxygen atoms in total. The number of Topliss-reactive ketones (excluding diaryl/α,β-unsaturated/α-hetero) is 1. The molecule has 0 aromatic heterocycles. The van der Waals surface area contributed by atoms with Gasteiger partial charge in [-0.15, -0.1) is 0 Å². The van der Waals surface area contributed by atoms with Crippen LogP contribution in [0.5, 0.6) is 0 Å². The number of cyclic esters (lactones) is 6. The second-order valence-electron chi connectivity index (χ2n) is 22.9. The maximum atomic E-state index is 12.5. The summed E-state index contributed by atoms with van der Waals surface area (Å²) >= 11 is 0. The Morgan fingerprint density at radius 1 is 0.515 bits per heavy atom. The van der Waals surface area contributed by atoms with Gasteiger partial charge in [0.15, 0.2) is 18.3 Å². The van der Waals surface area contributed by atoms with Crippen LogP contribution in [0.4, 0.5) is 9.59 Å². The fourth-order valence-electron chi connectivity index (χ4n) is 6.18. The number of esters is 9. The number of hydrogen-bond acceptors (Lipinski definition) is 33. The van der Waals surface area contributed by atoms with Crippen LogP contribution in [0.3, 0.4) is 0 Å². The van der Waals surface area contributed by atoms with E-state index in [1.165, 1.54) is 48.5 Å². The molecule has 0 aromatic rings. The summed E-state index contributed by atoms with van der Waals surface area (Å²) in [6, 6.07) is 0. The van der Waals surface area contributed by atoms with Crippen LogP contribution in [0.15, 0.2) is 0 Å². The van der Waals surface area contributed by atoms with E-state index in [1.807, 2.05) is 48.5 Å². The molecule has 0 aromatic carbocycles. The van der Waals surface area contributed by atoms with Gasteiger partial charge in [-0.1, -0.05) is 55.9 Å². The van der Waals surface area contributed by atoms with Gasteiger partial charge in [-0.2, -0.15) is 0 Å². The maximum absolute atomic E-state index is 12.5. The Morgan fingerprint density at radius 3 is 1.20 bits per heavy atom. The lowest BCUT2D eigenvalue weighted by Crippen LogP contribution is -2.44. The molecule has 0 radical (unpaired) electrons. The first-order valence-electron chi connectivity index (χ1n) is 32.8. The average Bonchev–Trinajstić information content (AvgIpc) is 0.889. The van der Waals surface area contributed by atoms with Crippen LogP contribution in [0.1, 0.15) is 170 Å². The van der Waals surface area contributed by atoms with Crippen LogP contribution < -0.4 is 5.73 Å². The summed E-state index contributed by atoms with van der Waals surface area (Å²) in [6.45, 7) is 30.6. The number of hydrogen-bond donors (Lipinski definition) is 4. The Kier molecular flexibility index (Phi) is 61.0. The van der Waals surface area contributed by atoms with E-state index in [-0.39, 0.29) is 98.3 Å². The third kappa shape index (κ3) is 49.3. The first-order chi connectivity index (χ1) is 46.1. The Balaban J connectivity index is -0.000000373.